The number of benzene rings is 1. The molecule has 0 aromatic heterocycles. The summed E-state index contributed by atoms with van der Waals surface area (Å²) in [4.78, 5) is 15.6. The second-order valence-electron chi connectivity index (χ2n) is 3.10. The predicted octanol–water partition coefficient (Wildman–Crippen LogP) is 2.23. The number of fused-ring (bicyclic) bond motifs is 1. The van der Waals surface area contributed by atoms with Crippen LogP contribution >= 0.6 is 0 Å². The maximum atomic E-state index is 11.5. The molecule has 1 aromatic carbocycles. The van der Waals surface area contributed by atoms with Gasteiger partial charge in [0.2, 0.25) is 5.76 Å². The molecule has 0 radical (unpaired) electrons. The molecule has 1 aliphatic heterocycles. The van der Waals surface area contributed by atoms with Crippen LogP contribution in [0.1, 0.15) is 6.92 Å². The summed E-state index contributed by atoms with van der Waals surface area (Å²) in [6.07, 6.45) is 3.02. The van der Waals surface area contributed by atoms with E-state index in [1.54, 1.807) is 13.0 Å². The van der Waals surface area contributed by atoms with E-state index < -0.39 is 5.97 Å². The molecule has 1 aromatic rings. The fourth-order valence-electron chi connectivity index (χ4n) is 1.30. The van der Waals surface area contributed by atoms with Gasteiger partial charge >= 0.3 is 5.97 Å². The van der Waals surface area contributed by atoms with Crippen LogP contribution in [0.5, 0.6) is 5.75 Å². The summed E-state index contributed by atoms with van der Waals surface area (Å²) in [7, 11) is 0. The van der Waals surface area contributed by atoms with Gasteiger partial charge in [-0.1, -0.05) is 12.1 Å². The van der Waals surface area contributed by atoms with Gasteiger partial charge in [-0.25, -0.2) is 4.79 Å². The summed E-state index contributed by atoms with van der Waals surface area (Å²) < 4.78 is 10.3. The van der Waals surface area contributed by atoms with E-state index in [0.29, 0.717) is 18.0 Å². The maximum Gasteiger partial charge on any atom is 0.374 e. The van der Waals surface area contributed by atoms with Gasteiger partial charge in [-0.15, -0.1) is 0 Å². The Morgan fingerprint density at radius 2 is 2.25 bits per heavy atom. The molecule has 16 heavy (non-hydrogen) atoms. The number of carbonyl (C=O) groups excluding carboxylic acids is 1. The number of esters is 1. The van der Waals surface area contributed by atoms with Gasteiger partial charge in [-0.3, -0.25) is 4.99 Å². The summed E-state index contributed by atoms with van der Waals surface area (Å²) in [5, 5.41) is 0. The number of ether oxygens (including phenoxy) is 2. The van der Waals surface area contributed by atoms with Crippen LogP contribution in [0.15, 0.2) is 41.1 Å². The molecule has 0 bridgehead atoms. The molecule has 0 aliphatic carbocycles. The molecule has 0 unspecified atom stereocenters. The predicted molar refractivity (Wildman–Crippen MR) is 59.9 cm³/mol. The molecule has 0 atom stereocenters. The van der Waals surface area contributed by atoms with E-state index in [1.807, 2.05) is 18.2 Å². The van der Waals surface area contributed by atoms with E-state index in [0.717, 1.165) is 0 Å². The van der Waals surface area contributed by atoms with Crippen molar-refractivity contribution in [1.82, 2.24) is 0 Å². The van der Waals surface area contributed by atoms with E-state index >= 15 is 0 Å². The zero-order chi connectivity index (χ0) is 11.4. The number of allylic oxidation sites excluding steroid dienone is 1. The van der Waals surface area contributed by atoms with Crippen molar-refractivity contribution >= 4 is 17.9 Å². The standard InChI is InChI=1S/C12H11NO3/c1-2-15-12(14)11-7-8-13-9-5-3-4-6-10(9)16-11/h3-8H,2H2,1H3. The molecule has 0 N–H and O–H groups in total. The number of aliphatic imine (C=N–C) groups is 1. The molecule has 1 aliphatic rings. The topological polar surface area (TPSA) is 47.9 Å². The quantitative estimate of drug-likeness (QED) is 0.713. The van der Waals surface area contributed by atoms with Gasteiger partial charge in [-0.05, 0) is 19.1 Å². The molecule has 82 valence electrons. The third kappa shape index (κ3) is 2.11. The smallest absolute Gasteiger partial charge is 0.374 e. The highest BCUT2D eigenvalue weighted by atomic mass is 16.6. The van der Waals surface area contributed by atoms with Gasteiger partial charge in [0.25, 0.3) is 0 Å². The average molecular weight is 217 g/mol. The Balaban J connectivity index is 2.26. The highest BCUT2D eigenvalue weighted by molar-refractivity contribution is 5.93. The van der Waals surface area contributed by atoms with Crippen LogP contribution in [-0.2, 0) is 9.53 Å². The zero-order valence-electron chi connectivity index (χ0n) is 8.84. The minimum Gasteiger partial charge on any atom is -0.460 e. The van der Waals surface area contributed by atoms with Gasteiger partial charge in [0.05, 0.1) is 6.61 Å². The Morgan fingerprint density at radius 3 is 3.06 bits per heavy atom. The van der Waals surface area contributed by atoms with Crippen molar-refractivity contribution in [2.24, 2.45) is 4.99 Å². The number of nitrogens with zero attached hydrogens (tertiary/aromatic N) is 1. The molecule has 1 heterocycles. The van der Waals surface area contributed by atoms with Crippen molar-refractivity contribution in [3.05, 3.63) is 36.1 Å². The second-order valence-corrected chi connectivity index (χ2v) is 3.10. The Morgan fingerprint density at radius 1 is 1.44 bits per heavy atom. The fourth-order valence-corrected chi connectivity index (χ4v) is 1.30. The molecular formula is C12H11NO3. The molecule has 0 amide bonds. The van der Waals surface area contributed by atoms with Crippen molar-refractivity contribution < 1.29 is 14.3 Å². The maximum absolute atomic E-state index is 11.5. The first-order valence-electron chi connectivity index (χ1n) is 4.99. The lowest BCUT2D eigenvalue weighted by Gasteiger charge is -2.08. The summed E-state index contributed by atoms with van der Waals surface area (Å²) in [5.74, 6) is 0.219. The first kappa shape index (κ1) is 10.4. The SMILES string of the molecule is CCOC(=O)C1=CC=Nc2ccccc2O1. The molecular weight excluding hydrogens is 206 g/mol. The number of carbonyl (C=O) groups is 1. The van der Waals surface area contributed by atoms with E-state index in [-0.39, 0.29) is 5.76 Å². The summed E-state index contributed by atoms with van der Waals surface area (Å²) in [6, 6.07) is 7.25. The molecule has 2 rings (SSSR count). The third-order valence-corrected chi connectivity index (χ3v) is 2.00. The Hall–Kier alpha value is -2.10. The minimum absolute atomic E-state index is 0.149. The van der Waals surface area contributed by atoms with Gasteiger partial charge in [0.15, 0.2) is 5.75 Å². The first-order chi connectivity index (χ1) is 7.81. The zero-order valence-corrected chi connectivity index (χ0v) is 8.84. The van der Waals surface area contributed by atoms with Gasteiger partial charge in [0.1, 0.15) is 5.69 Å². The van der Waals surface area contributed by atoms with Crippen LogP contribution < -0.4 is 4.74 Å². The monoisotopic (exact) mass is 217 g/mol. The van der Waals surface area contributed by atoms with Gasteiger partial charge < -0.3 is 9.47 Å². The van der Waals surface area contributed by atoms with Crippen molar-refractivity contribution in [1.29, 1.82) is 0 Å². The third-order valence-electron chi connectivity index (χ3n) is 2.00. The van der Waals surface area contributed by atoms with E-state index in [9.17, 15) is 4.79 Å². The summed E-state index contributed by atoms with van der Waals surface area (Å²) in [6.45, 7) is 2.07. The van der Waals surface area contributed by atoms with Gasteiger partial charge in [-0.2, -0.15) is 0 Å². The summed E-state index contributed by atoms with van der Waals surface area (Å²) in [5.41, 5.74) is 0.693. The van der Waals surface area contributed by atoms with Crippen LogP contribution in [0.3, 0.4) is 0 Å². The lowest BCUT2D eigenvalue weighted by molar-refractivity contribution is -0.140. The highest BCUT2D eigenvalue weighted by Crippen LogP contribution is 2.29. The number of hydrogen-bond donors (Lipinski definition) is 0. The van der Waals surface area contributed by atoms with E-state index in [1.165, 1.54) is 12.3 Å². The van der Waals surface area contributed by atoms with Crippen LogP contribution in [0.4, 0.5) is 5.69 Å². The van der Waals surface area contributed by atoms with Crippen LogP contribution in [0.25, 0.3) is 0 Å². The van der Waals surface area contributed by atoms with Crippen molar-refractivity contribution in [3.8, 4) is 5.75 Å². The van der Waals surface area contributed by atoms with E-state index in [2.05, 4.69) is 4.99 Å². The molecule has 0 saturated carbocycles. The number of rotatable bonds is 2. The number of hydrogen-bond acceptors (Lipinski definition) is 4. The molecule has 0 fully saturated rings. The van der Waals surface area contributed by atoms with Crippen molar-refractivity contribution in [2.75, 3.05) is 6.61 Å². The molecule has 0 spiro atoms. The van der Waals surface area contributed by atoms with Crippen LogP contribution in [0.2, 0.25) is 0 Å². The minimum atomic E-state index is -0.481. The van der Waals surface area contributed by atoms with Crippen molar-refractivity contribution in [2.45, 2.75) is 6.92 Å². The largest absolute Gasteiger partial charge is 0.460 e. The van der Waals surface area contributed by atoms with Crippen molar-refractivity contribution in [3.63, 3.8) is 0 Å². The first-order valence-corrected chi connectivity index (χ1v) is 4.99. The molecule has 4 nitrogen and oxygen atoms in total. The van der Waals surface area contributed by atoms with Gasteiger partial charge in [0, 0.05) is 12.3 Å². The normalized spacial score (nSPS) is 13.2. The second kappa shape index (κ2) is 4.61. The lowest BCUT2D eigenvalue weighted by atomic mass is 10.3. The molecule has 0 saturated heterocycles. The van der Waals surface area contributed by atoms with E-state index in [4.69, 9.17) is 9.47 Å². The Kier molecular flexibility index (Phi) is 3.00. The lowest BCUT2D eigenvalue weighted by Crippen LogP contribution is -2.12. The fraction of sp³-hybridized carbons (Fsp3) is 0.167. The Labute approximate surface area is 93.2 Å². The van der Waals surface area contributed by atoms with Crippen LogP contribution in [0, 0.1) is 0 Å². The van der Waals surface area contributed by atoms with Crippen LogP contribution in [-0.4, -0.2) is 18.8 Å². The highest BCUT2D eigenvalue weighted by Gasteiger charge is 2.16. The summed E-state index contributed by atoms with van der Waals surface area (Å²) >= 11 is 0. The Bertz CT molecular complexity index is 463. The average Bonchev–Trinajstić information content (AvgIpc) is 2.51. The number of para-hydroxylation sites is 2. The molecule has 4 heteroatoms.